The summed E-state index contributed by atoms with van der Waals surface area (Å²) in [7, 11) is 0. The van der Waals surface area contributed by atoms with Crippen LogP contribution in [0.15, 0.2) is 18.2 Å². The number of alkyl halides is 3. The van der Waals surface area contributed by atoms with Crippen LogP contribution in [-0.2, 0) is 12.6 Å². The highest BCUT2D eigenvalue weighted by molar-refractivity contribution is 5.30. The van der Waals surface area contributed by atoms with E-state index in [1.54, 1.807) is 0 Å². The molecule has 5 heteroatoms. The van der Waals surface area contributed by atoms with Crippen molar-refractivity contribution in [1.82, 2.24) is 5.32 Å². The molecule has 0 heterocycles. The van der Waals surface area contributed by atoms with Crippen LogP contribution in [0.2, 0.25) is 0 Å². The van der Waals surface area contributed by atoms with E-state index in [1.807, 2.05) is 0 Å². The van der Waals surface area contributed by atoms with Crippen molar-refractivity contribution >= 4 is 0 Å². The Morgan fingerprint density at radius 2 is 1.84 bits per heavy atom. The van der Waals surface area contributed by atoms with Crippen LogP contribution in [0.5, 0.6) is 0 Å². The third kappa shape index (κ3) is 5.59. The maximum Gasteiger partial charge on any atom is 0.416 e. The first kappa shape index (κ1) is 16.0. The quantitative estimate of drug-likeness (QED) is 0.582. The van der Waals surface area contributed by atoms with E-state index >= 15 is 0 Å². The molecule has 108 valence electrons. The summed E-state index contributed by atoms with van der Waals surface area (Å²) >= 11 is 0. The Hall–Kier alpha value is -1.10. The van der Waals surface area contributed by atoms with Crippen molar-refractivity contribution in [2.45, 2.75) is 38.8 Å². The number of aryl methyl sites for hydroxylation is 1. The normalized spacial score (nSPS) is 11.8. The van der Waals surface area contributed by atoms with Gasteiger partial charge in [-0.1, -0.05) is 13.0 Å². The van der Waals surface area contributed by atoms with Crippen LogP contribution in [0.25, 0.3) is 0 Å². The maximum absolute atomic E-state index is 12.9. The van der Waals surface area contributed by atoms with Gasteiger partial charge in [0.05, 0.1) is 5.56 Å². The SMILES string of the molecule is CCCNCCCCc1ccc(F)cc1C(F)(F)F. The van der Waals surface area contributed by atoms with Crippen LogP contribution in [0.3, 0.4) is 0 Å². The molecule has 0 bridgehead atoms. The molecule has 0 aromatic heterocycles. The summed E-state index contributed by atoms with van der Waals surface area (Å²) in [6.07, 6.45) is -1.66. The largest absolute Gasteiger partial charge is 0.416 e. The molecule has 0 aliphatic heterocycles. The van der Waals surface area contributed by atoms with Crippen molar-refractivity contribution in [2.24, 2.45) is 0 Å². The lowest BCUT2D eigenvalue weighted by Crippen LogP contribution is -2.16. The lowest BCUT2D eigenvalue weighted by molar-refractivity contribution is -0.138. The van der Waals surface area contributed by atoms with E-state index in [4.69, 9.17) is 0 Å². The van der Waals surface area contributed by atoms with Gasteiger partial charge in [0, 0.05) is 0 Å². The first-order valence-electron chi connectivity index (χ1n) is 6.51. The van der Waals surface area contributed by atoms with Gasteiger partial charge in [0.25, 0.3) is 0 Å². The van der Waals surface area contributed by atoms with E-state index in [2.05, 4.69) is 12.2 Å². The minimum Gasteiger partial charge on any atom is -0.317 e. The van der Waals surface area contributed by atoms with Crippen molar-refractivity contribution < 1.29 is 17.6 Å². The second-order valence-electron chi connectivity index (χ2n) is 4.51. The number of rotatable bonds is 7. The third-order valence-electron chi connectivity index (χ3n) is 2.85. The van der Waals surface area contributed by atoms with E-state index in [0.29, 0.717) is 18.9 Å². The second kappa shape index (κ2) is 7.48. The van der Waals surface area contributed by atoms with Crippen LogP contribution >= 0.6 is 0 Å². The van der Waals surface area contributed by atoms with Crippen molar-refractivity contribution in [1.29, 1.82) is 0 Å². The Balaban J connectivity index is 2.54. The van der Waals surface area contributed by atoms with Crippen LogP contribution in [0, 0.1) is 5.82 Å². The highest BCUT2D eigenvalue weighted by atomic mass is 19.4. The second-order valence-corrected chi connectivity index (χ2v) is 4.51. The molecule has 1 aromatic carbocycles. The third-order valence-corrected chi connectivity index (χ3v) is 2.85. The molecule has 0 unspecified atom stereocenters. The zero-order valence-electron chi connectivity index (χ0n) is 11.0. The number of nitrogens with one attached hydrogen (secondary N) is 1. The summed E-state index contributed by atoms with van der Waals surface area (Å²) in [6.45, 7) is 3.78. The van der Waals surface area contributed by atoms with Crippen LogP contribution in [-0.4, -0.2) is 13.1 Å². The Bertz CT molecular complexity index is 388. The molecule has 0 atom stereocenters. The molecule has 0 radical (unpaired) electrons. The molecule has 1 rings (SSSR count). The minimum atomic E-state index is -4.49. The number of hydrogen-bond acceptors (Lipinski definition) is 1. The summed E-state index contributed by atoms with van der Waals surface area (Å²) in [5.74, 6) is -0.847. The highest BCUT2D eigenvalue weighted by Gasteiger charge is 2.33. The summed E-state index contributed by atoms with van der Waals surface area (Å²) in [5, 5.41) is 3.19. The molecule has 0 saturated carbocycles. The number of halogens is 4. The zero-order valence-corrected chi connectivity index (χ0v) is 11.0. The molecule has 1 nitrogen and oxygen atoms in total. The average molecular weight is 277 g/mol. The fourth-order valence-electron chi connectivity index (χ4n) is 1.90. The van der Waals surface area contributed by atoms with Gasteiger partial charge in [-0.25, -0.2) is 4.39 Å². The van der Waals surface area contributed by atoms with E-state index < -0.39 is 17.6 Å². The predicted molar refractivity (Wildman–Crippen MR) is 67.5 cm³/mol. The Morgan fingerprint density at radius 1 is 1.11 bits per heavy atom. The summed E-state index contributed by atoms with van der Waals surface area (Å²) in [5.41, 5.74) is -0.682. The smallest absolute Gasteiger partial charge is 0.317 e. The number of benzene rings is 1. The van der Waals surface area contributed by atoms with Crippen LogP contribution < -0.4 is 5.32 Å². The minimum absolute atomic E-state index is 0.171. The lowest BCUT2D eigenvalue weighted by atomic mass is 10.0. The van der Waals surface area contributed by atoms with E-state index in [1.165, 1.54) is 6.07 Å². The Labute approximate surface area is 111 Å². The van der Waals surface area contributed by atoms with E-state index in [9.17, 15) is 17.6 Å². The first-order chi connectivity index (χ1) is 8.95. The van der Waals surface area contributed by atoms with Gasteiger partial charge in [-0.15, -0.1) is 0 Å². The van der Waals surface area contributed by atoms with E-state index in [-0.39, 0.29) is 5.56 Å². The Kier molecular flexibility index (Phi) is 6.28. The topological polar surface area (TPSA) is 12.0 Å². The van der Waals surface area contributed by atoms with Crippen molar-refractivity contribution in [3.05, 3.63) is 35.1 Å². The summed E-state index contributed by atoms with van der Waals surface area (Å²) < 4.78 is 51.1. The van der Waals surface area contributed by atoms with Crippen molar-refractivity contribution in [3.8, 4) is 0 Å². The highest BCUT2D eigenvalue weighted by Crippen LogP contribution is 2.33. The molecule has 0 spiro atoms. The molecular weight excluding hydrogens is 258 g/mol. The van der Waals surface area contributed by atoms with E-state index in [0.717, 1.165) is 32.0 Å². The van der Waals surface area contributed by atoms with Gasteiger partial charge in [0.15, 0.2) is 0 Å². The Morgan fingerprint density at radius 3 is 2.47 bits per heavy atom. The van der Waals surface area contributed by atoms with Gasteiger partial charge in [-0.05, 0) is 56.5 Å². The maximum atomic E-state index is 12.9. The number of hydrogen-bond donors (Lipinski definition) is 1. The monoisotopic (exact) mass is 277 g/mol. The molecule has 0 aliphatic carbocycles. The molecule has 1 N–H and O–H groups in total. The molecule has 0 fully saturated rings. The van der Waals surface area contributed by atoms with Gasteiger partial charge in [0.1, 0.15) is 5.82 Å². The summed E-state index contributed by atoms with van der Waals surface area (Å²) in [4.78, 5) is 0. The van der Waals surface area contributed by atoms with Crippen LogP contribution in [0.1, 0.15) is 37.3 Å². The molecular formula is C14H19F4N. The molecule has 0 amide bonds. The van der Waals surface area contributed by atoms with Gasteiger partial charge in [-0.2, -0.15) is 13.2 Å². The van der Waals surface area contributed by atoms with Gasteiger partial charge in [0.2, 0.25) is 0 Å². The standard InChI is InChI=1S/C14H19F4N/c1-2-8-19-9-4-3-5-11-6-7-12(15)10-13(11)14(16,17)18/h6-7,10,19H,2-5,8-9H2,1H3. The molecule has 1 aromatic rings. The van der Waals surface area contributed by atoms with Gasteiger partial charge < -0.3 is 5.32 Å². The number of unbranched alkanes of at least 4 members (excludes halogenated alkanes) is 1. The van der Waals surface area contributed by atoms with Crippen molar-refractivity contribution in [3.63, 3.8) is 0 Å². The average Bonchev–Trinajstić information content (AvgIpc) is 2.34. The molecule has 0 aliphatic rings. The summed E-state index contributed by atoms with van der Waals surface area (Å²) in [6, 6.07) is 2.89. The lowest BCUT2D eigenvalue weighted by Gasteiger charge is -2.13. The first-order valence-corrected chi connectivity index (χ1v) is 6.51. The van der Waals surface area contributed by atoms with Crippen molar-refractivity contribution in [2.75, 3.05) is 13.1 Å². The van der Waals surface area contributed by atoms with Gasteiger partial charge in [-0.3, -0.25) is 0 Å². The predicted octanol–water partition coefficient (Wildman–Crippen LogP) is 4.17. The zero-order chi connectivity index (χ0) is 14.3. The fraction of sp³-hybridized carbons (Fsp3) is 0.571. The fourth-order valence-corrected chi connectivity index (χ4v) is 1.90. The van der Waals surface area contributed by atoms with Crippen LogP contribution in [0.4, 0.5) is 17.6 Å². The molecule has 19 heavy (non-hydrogen) atoms. The van der Waals surface area contributed by atoms with Gasteiger partial charge >= 0.3 is 6.18 Å². The molecule has 0 saturated heterocycles.